The number of nitrogens with one attached hydrogen (secondary N) is 2. The summed E-state index contributed by atoms with van der Waals surface area (Å²) in [4.78, 5) is 46.0. The molecule has 10 heteroatoms. The summed E-state index contributed by atoms with van der Waals surface area (Å²) in [5, 5.41) is 12.6. The van der Waals surface area contributed by atoms with Crippen LogP contribution in [0.15, 0.2) is 24.5 Å². The molecule has 1 aliphatic carbocycles. The van der Waals surface area contributed by atoms with Crippen molar-refractivity contribution in [2.24, 2.45) is 0 Å². The van der Waals surface area contributed by atoms with Crippen molar-refractivity contribution in [3.8, 4) is 0 Å². The Morgan fingerprint density at radius 1 is 1.39 bits per heavy atom. The highest BCUT2D eigenvalue weighted by atomic mass is 16.5. The minimum Gasteiger partial charge on any atom is -0.483 e. The molecule has 2 amide bonds. The number of carbonyl (C=O) groups excluding carboxylic acids is 2. The van der Waals surface area contributed by atoms with E-state index in [9.17, 15) is 9.59 Å². The minimum atomic E-state index is -0.801. The molecular formula is C21H25N5O5. The van der Waals surface area contributed by atoms with E-state index in [-0.39, 0.29) is 24.9 Å². The first kappa shape index (κ1) is 22.3. The Kier molecular flexibility index (Phi) is 7.60. The Hall–Kier alpha value is -3.40. The van der Waals surface area contributed by atoms with E-state index in [1.807, 2.05) is 13.0 Å². The van der Waals surface area contributed by atoms with Gasteiger partial charge in [0.1, 0.15) is 12.4 Å². The van der Waals surface area contributed by atoms with Crippen molar-refractivity contribution in [3.63, 3.8) is 0 Å². The summed E-state index contributed by atoms with van der Waals surface area (Å²) in [6, 6.07) is 3.01. The van der Waals surface area contributed by atoms with E-state index in [0.717, 1.165) is 42.0 Å². The SMILES string of the molecule is Cc1nc(CCNC(=O)[C@H]2OCC(=O)N[C@@H]2c2cccnc2)nc2c1CCC2.O=CO. The van der Waals surface area contributed by atoms with E-state index >= 15 is 0 Å². The van der Waals surface area contributed by atoms with Gasteiger partial charge in [-0.25, -0.2) is 9.97 Å². The van der Waals surface area contributed by atoms with Crippen molar-refractivity contribution in [1.82, 2.24) is 25.6 Å². The zero-order valence-corrected chi connectivity index (χ0v) is 17.2. The number of carboxylic acid groups (broad SMARTS) is 1. The van der Waals surface area contributed by atoms with Crippen LogP contribution >= 0.6 is 0 Å². The molecule has 2 atom stereocenters. The average molecular weight is 427 g/mol. The monoisotopic (exact) mass is 427 g/mol. The summed E-state index contributed by atoms with van der Waals surface area (Å²) >= 11 is 0. The van der Waals surface area contributed by atoms with Crippen LogP contribution in [-0.4, -0.2) is 57.6 Å². The molecule has 31 heavy (non-hydrogen) atoms. The van der Waals surface area contributed by atoms with Gasteiger partial charge in [0.25, 0.3) is 12.4 Å². The predicted molar refractivity (Wildman–Crippen MR) is 109 cm³/mol. The van der Waals surface area contributed by atoms with Crippen LogP contribution < -0.4 is 10.6 Å². The molecule has 0 aromatic carbocycles. The molecular weight excluding hydrogens is 402 g/mol. The van der Waals surface area contributed by atoms with Crippen LogP contribution in [-0.2, 0) is 38.4 Å². The Balaban J connectivity index is 0.000000858. The number of pyridine rings is 1. The Labute approximate surface area is 179 Å². The molecule has 4 rings (SSSR count). The number of morpholine rings is 1. The molecule has 0 radical (unpaired) electrons. The number of ether oxygens (including phenoxy) is 1. The van der Waals surface area contributed by atoms with Gasteiger partial charge in [-0.3, -0.25) is 19.4 Å². The number of carbonyl (C=O) groups is 3. The maximum absolute atomic E-state index is 12.7. The number of amides is 2. The van der Waals surface area contributed by atoms with Gasteiger partial charge in [0.05, 0.1) is 6.04 Å². The molecule has 1 fully saturated rings. The highest BCUT2D eigenvalue weighted by Crippen LogP contribution is 2.23. The first-order valence-corrected chi connectivity index (χ1v) is 10.0. The number of hydrogen-bond acceptors (Lipinski definition) is 7. The molecule has 1 saturated heterocycles. The highest BCUT2D eigenvalue weighted by Gasteiger charge is 2.36. The van der Waals surface area contributed by atoms with Gasteiger partial charge in [0, 0.05) is 36.7 Å². The fourth-order valence-corrected chi connectivity index (χ4v) is 3.79. The predicted octanol–water partition coefficient (Wildman–Crippen LogP) is 0.285. The molecule has 0 spiro atoms. The molecule has 3 heterocycles. The van der Waals surface area contributed by atoms with E-state index in [4.69, 9.17) is 14.6 Å². The molecule has 0 saturated carbocycles. The molecule has 10 nitrogen and oxygen atoms in total. The second kappa shape index (κ2) is 10.6. The van der Waals surface area contributed by atoms with E-state index in [1.54, 1.807) is 18.5 Å². The third-order valence-electron chi connectivity index (χ3n) is 5.15. The summed E-state index contributed by atoms with van der Waals surface area (Å²) in [6.45, 7) is 2.04. The van der Waals surface area contributed by atoms with Crippen LogP contribution in [0.5, 0.6) is 0 Å². The molecule has 2 aromatic rings. The zero-order chi connectivity index (χ0) is 22.2. The van der Waals surface area contributed by atoms with Crippen molar-refractivity contribution < 1.29 is 24.2 Å². The van der Waals surface area contributed by atoms with Crippen molar-refractivity contribution in [1.29, 1.82) is 0 Å². The first-order valence-electron chi connectivity index (χ1n) is 10.0. The summed E-state index contributed by atoms with van der Waals surface area (Å²) in [6.07, 6.45) is 6.20. The van der Waals surface area contributed by atoms with Gasteiger partial charge < -0.3 is 20.5 Å². The maximum Gasteiger partial charge on any atom is 0.290 e. The number of nitrogens with zero attached hydrogens (tertiary/aromatic N) is 3. The van der Waals surface area contributed by atoms with Crippen LogP contribution in [0.4, 0.5) is 0 Å². The van der Waals surface area contributed by atoms with Gasteiger partial charge in [-0.15, -0.1) is 0 Å². The van der Waals surface area contributed by atoms with Gasteiger partial charge in [-0.05, 0) is 43.4 Å². The average Bonchev–Trinajstić information content (AvgIpc) is 3.24. The zero-order valence-electron chi connectivity index (χ0n) is 17.2. The van der Waals surface area contributed by atoms with Crippen LogP contribution in [0.3, 0.4) is 0 Å². The maximum atomic E-state index is 12.7. The lowest BCUT2D eigenvalue weighted by atomic mass is 10.0. The third kappa shape index (κ3) is 5.60. The normalized spacial score (nSPS) is 19.5. The molecule has 164 valence electrons. The smallest absolute Gasteiger partial charge is 0.290 e. The van der Waals surface area contributed by atoms with Crippen LogP contribution in [0.2, 0.25) is 0 Å². The first-order chi connectivity index (χ1) is 15.0. The fraction of sp³-hybridized carbons (Fsp3) is 0.429. The van der Waals surface area contributed by atoms with Crippen LogP contribution in [0.1, 0.15) is 40.8 Å². The largest absolute Gasteiger partial charge is 0.483 e. The van der Waals surface area contributed by atoms with Crippen molar-refractivity contribution in [3.05, 3.63) is 52.9 Å². The Morgan fingerprint density at radius 3 is 2.94 bits per heavy atom. The van der Waals surface area contributed by atoms with Gasteiger partial charge in [0.15, 0.2) is 6.10 Å². The number of aromatic nitrogens is 3. The molecule has 2 aliphatic rings. The van der Waals surface area contributed by atoms with Gasteiger partial charge in [-0.2, -0.15) is 0 Å². The second-order valence-corrected chi connectivity index (χ2v) is 7.21. The van der Waals surface area contributed by atoms with Crippen molar-refractivity contribution in [2.45, 2.75) is 44.8 Å². The van der Waals surface area contributed by atoms with Gasteiger partial charge in [0.2, 0.25) is 5.91 Å². The second-order valence-electron chi connectivity index (χ2n) is 7.21. The summed E-state index contributed by atoms with van der Waals surface area (Å²) < 4.78 is 5.52. The standard InChI is InChI=1S/C20H23N5O3.CH2O2/c1-12-14-5-2-6-15(14)24-16(23-12)7-9-22-20(27)19-18(25-17(26)11-28-19)13-4-3-8-21-10-13;2-1-3/h3-4,8,10,18-19H,2,5-7,9,11H2,1H3,(H,22,27)(H,25,26);1H,(H,2,3)/t18-,19+;/m1./s1. The molecule has 3 N–H and O–H groups in total. The lowest BCUT2D eigenvalue weighted by Gasteiger charge is -2.31. The summed E-state index contributed by atoms with van der Waals surface area (Å²) in [5.74, 6) is 0.228. The molecule has 1 aliphatic heterocycles. The van der Waals surface area contributed by atoms with E-state index in [2.05, 4.69) is 25.6 Å². The molecule has 0 unspecified atom stereocenters. The molecule has 0 bridgehead atoms. The van der Waals surface area contributed by atoms with E-state index in [0.29, 0.717) is 13.0 Å². The highest BCUT2D eigenvalue weighted by molar-refractivity contribution is 5.86. The number of hydrogen-bond donors (Lipinski definition) is 3. The Morgan fingerprint density at radius 2 is 2.19 bits per heavy atom. The summed E-state index contributed by atoms with van der Waals surface area (Å²) in [7, 11) is 0. The quantitative estimate of drug-likeness (QED) is 0.578. The lowest BCUT2D eigenvalue weighted by molar-refractivity contribution is -0.148. The lowest BCUT2D eigenvalue weighted by Crippen LogP contribution is -2.52. The van der Waals surface area contributed by atoms with Crippen molar-refractivity contribution in [2.75, 3.05) is 13.2 Å². The van der Waals surface area contributed by atoms with Crippen molar-refractivity contribution >= 4 is 18.3 Å². The van der Waals surface area contributed by atoms with Gasteiger partial charge >= 0.3 is 0 Å². The number of fused-ring (bicyclic) bond motifs is 1. The van der Waals surface area contributed by atoms with Gasteiger partial charge in [-0.1, -0.05) is 6.07 Å². The van der Waals surface area contributed by atoms with Crippen LogP contribution in [0.25, 0.3) is 0 Å². The van der Waals surface area contributed by atoms with E-state index < -0.39 is 12.1 Å². The summed E-state index contributed by atoms with van der Waals surface area (Å²) in [5.41, 5.74) is 4.19. The Bertz CT molecular complexity index is 937. The fourth-order valence-electron chi connectivity index (χ4n) is 3.79. The number of rotatable bonds is 5. The number of aryl methyl sites for hydroxylation is 2. The topological polar surface area (TPSA) is 143 Å². The minimum absolute atomic E-state index is 0.137. The third-order valence-corrected chi connectivity index (χ3v) is 5.15. The molecule has 2 aromatic heterocycles. The van der Waals surface area contributed by atoms with Crippen LogP contribution in [0, 0.1) is 6.92 Å². The van der Waals surface area contributed by atoms with E-state index in [1.165, 1.54) is 5.56 Å².